The number of hydrogen-bond acceptors (Lipinski definition) is 4. The predicted molar refractivity (Wildman–Crippen MR) is 70.2 cm³/mol. The third-order valence-electron chi connectivity index (χ3n) is 2.87. The molecule has 0 aliphatic carbocycles. The maximum atomic E-state index is 10.8. The summed E-state index contributed by atoms with van der Waals surface area (Å²) < 4.78 is 6.89. The van der Waals surface area contributed by atoms with Crippen LogP contribution >= 0.6 is 0 Å². The van der Waals surface area contributed by atoms with E-state index in [1.165, 1.54) is 12.3 Å². The van der Waals surface area contributed by atoms with Crippen LogP contribution in [0.1, 0.15) is 16.1 Å². The molecule has 3 aromatic heterocycles. The second-order valence-corrected chi connectivity index (χ2v) is 4.27. The molecule has 0 saturated heterocycles. The molecule has 100 valence electrons. The number of carbonyl (C=O) groups is 1. The highest BCUT2D eigenvalue weighted by Crippen LogP contribution is 2.18. The average molecular weight is 269 g/mol. The Morgan fingerprint density at radius 1 is 1.30 bits per heavy atom. The summed E-state index contributed by atoms with van der Waals surface area (Å²) in [4.78, 5) is 14.7. The number of carboxylic acids is 1. The molecule has 0 amide bonds. The van der Waals surface area contributed by atoms with Crippen LogP contribution in [0.15, 0.2) is 53.7 Å². The zero-order valence-corrected chi connectivity index (χ0v) is 10.4. The van der Waals surface area contributed by atoms with Crippen LogP contribution in [0.25, 0.3) is 11.1 Å². The van der Waals surface area contributed by atoms with E-state index in [2.05, 4.69) is 10.1 Å². The van der Waals surface area contributed by atoms with Crippen LogP contribution in [0.5, 0.6) is 0 Å². The zero-order chi connectivity index (χ0) is 13.9. The molecule has 0 radical (unpaired) electrons. The Balaban J connectivity index is 1.78. The van der Waals surface area contributed by atoms with Crippen molar-refractivity contribution < 1.29 is 14.3 Å². The van der Waals surface area contributed by atoms with Gasteiger partial charge in [0, 0.05) is 24.2 Å². The van der Waals surface area contributed by atoms with Crippen molar-refractivity contribution in [2.45, 2.75) is 6.54 Å². The lowest BCUT2D eigenvalue weighted by Crippen LogP contribution is -1.98. The maximum Gasteiger partial charge on any atom is 0.338 e. The molecule has 0 aromatic carbocycles. The number of pyridine rings is 1. The zero-order valence-electron chi connectivity index (χ0n) is 10.4. The molecule has 0 bridgehead atoms. The topological polar surface area (TPSA) is 81.1 Å². The second-order valence-electron chi connectivity index (χ2n) is 4.27. The first kappa shape index (κ1) is 12.2. The van der Waals surface area contributed by atoms with Crippen LogP contribution in [0.2, 0.25) is 0 Å². The molecule has 20 heavy (non-hydrogen) atoms. The van der Waals surface area contributed by atoms with Crippen molar-refractivity contribution in [3.63, 3.8) is 0 Å². The minimum Gasteiger partial charge on any atom is -0.478 e. The SMILES string of the molecule is O=C(O)c1coc(Cn2cc(-c3ccncc3)cn2)c1. The average Bonchev–Trinajstić information content (AvgIpc) is 3.10. The fourth-order valence-electron chi connectivity index (χ4n) is 1.88. The van der Waals surface area contributed by atoms with Gasteiger partial charge in [0.05, 0.1) is 18.3 Å². The summed E-state index contributed by atoms with van der Waals surface area (Å²) in [7, 11) is 0. The standard InChI is InChI=1S/C14H11N3O3/c18-14(19)11-5-13(20-9-11)8-17-7-12(6-16-17)10-1-3-15-4-2-10/h1-7,9H,8H2,(H,18,19). The van der Waals surface area contributed by atoms with Gasteiger partial charge in [-0.15, -0.1) is 0 Å². The van der Waals surface area contributed by atoms with Crippen LogP contribution in [0.3, 0.4) is 0 Å². The molecular weight excluding hydrogens is 258 g/mol. The number of nitrogens with zero attached hydrogens (tertiary/aromatic N) is 3. The fourth-order valence-corrected chi connectivity index (χ4v) is 1.88. The first-order chi connectivity index (χ1) is 9.72. The summed E-state index contributed by atoms with van der Waals surface area (Å²) in [5.41, 5.74) is 2.14. The lowest BCUT2D eigenvalue weighted by molar-refractivity contribution is 0.0696. The highest BCUT2D eigenvalue weighted by Gasteiger charge is 2.09. The Kier molecular flexibility index (Phi) is 3.04. The summed E-state index contributed by atoms with van der Waals surface area (Å²) in [6.07, 6.45) is 8.29. The third-order valence-corrected chi connectivity index (χ3v) is 2.87. The van der Waals surface area contributed by atoms with Gasteiger partial charge in [0.15, 0.2) is 0 Å². The molecule has 0 saturated carbocycles. The molecule has 6 heteroatoms. The molecule has 3 aromatic rings. The van der Waals surface area contributed by atoms with Gasteiger partial charge in [-0.2, -0.15) is 5.10 Å². The van der Waals surface area contributed by atoms with E-state index in [0.717, 1.165) is 11.1 Å². The van der Waals surface area contributed by atoms with Crippen LogP contribution in [0, 0.1) is 0 Å². The molecule has 0 aliphatic rings. The van der Waals surface area contributed by atoms with Gasteiger partial charge < -0.3 is 9.52 Å². The summed E-state index contributed by atoms with van der Waals surface area (Å²) in [5, 5.41) is 13.1. The van der Waals surface area contributed by atoms with Crippen LogP contribution in [0.4, 0.5) is 0 Å². The largest absolute Gasteiger partial charge is 0.478 e. The summed E-state index contributed by atoms with van der Waals surface area (Å²) in [6, 6.07) is 5.30. The summed E-state index contributed by atoms with van der Waals surface area (Å²) in [6.45, 7) is 0.387. The lowest BCUT2D eigenvalue weighted by Gasteiger charge is -1.97. The number of aromatic nitrogens is 3. The molecule has 0 aliphatic heterocycles. The highest BCUT2D eigenvalue weighted by molar-refractivity contribution is 5.87. The Labute approximate surface area is 114 Å². The van der Waals surface area contributed by atoms with Gasteiger partial charge >= 0.3 is 5.97 Å². The number of aromatic carboxylic acids is 1. The second kappa shape index (κ2) is 5.00. The first-order valence-corrected chi connectivity index (χ1v) is 5.96. The smallest absolute Gasteiger partial charge is 0.338 e. The predicted octanol–water partition coefficient (Wildman–Crippen LogP) is 2.28. The molecule has 0 unspecified atom stereocenters. The first-order valence-electron chi connectivity index (χ1n) is 5.96. The minimum absolute atomic E-state index is 0.140. The van der Waals surface area contributed by atoms with Crippen LogP contribution < -0.4 is 0 Å². The fraction of sp³-hybridized carbons (Fsp3) is 0.0714. The number of hydrogen-bond donors (Lipinski definition) is 1. The Hall–Kier alpha value is -2.89. The molecule has 0 spiro atoms. The van der Waals surface area contributed by atoms with Crippen molar-refractivity contribution in [2.75, 3.05) is 0 Å². The molecule has 0 atom stereocenters. The molecule has 0 fully saturated rings. The van der Waals surface area contributed by atoms with Crippen molar-refractivity contribution >= 4 is 5.97 Å². The Morgan fingerprint density at radius 2 is 2.10 bits per heavy atom. The van der Waals surface area contributed by atoms with E-state index in [4.69, 9.17) is 9.52 Å². The third kappa shape index (κ3) is 2.44. The van der Waals surface area contributed by atoms with E-state index in [0.29, 0.717) is 12.3 Å². The van der Waals surface area contributed by atoms with Crippen molar-refractivity contribution in [3.05, 3.63) is 60.6 Å². The van der Waals surface area contributed by atoms with Gasteiger partial charge in [0.25, 0.3) is 0 Å². The van der Waals surface area contributed by atoms with Crippen molar-refractivity contribution in [1.29, 1.82) is 0 Å². The summed E-state index contributed by atoms with van der Waals surface area (Å²) >= 11 is 0. The van der Waals surface area contributed by atoms with Gasteiger partial charge in [-0.25, -0.2) is 4.79 Å². The lowest BCUT2D eigenvalue weighted by atomic mass is 10.1. The van der Waals surface area contributed by atoms with Crippen LogP contribution in [-0.4, -0.2) is 25.8 Å². The molecule has 3 heterocycles. The Bertz CT molecular complexity index is 731. The Morgan fingerprint density at radius 3 is 2.80 bits per heavy atom. The minimum atomic E-state index is -1.00. The van der Waals surface area contributed by atoms with Gasteiger partial charge in [0.2, 0.25) is 0 Å². The van der Waals surface area contributed by atoms with Gasteiger partial charge in [-0.3, -0.25) is 9.67 Å². The van der Waals surface area contributed by atoms with E-state index in [-0.39, 0.29) is 5.56 Å². The van der Waals surface area contributed by atoms with E-state index < -0.39 is 5.97 Å². The van der Waals surface area contributed by atoms with Crippen molar-refractivity contribution in [1.82, 2.24) is 14.8 Å². The van der Waals surface area contributed by atoms with Crippen LogP contribution in [-0.2, 0) is 6.54 Å². The quantitative estimate of drug-likeness (QED) is 0.785. The number of furan rings is 1. The summed E-state index contributed by atoms with van der Waals surface area (Å²) in [5.74, 6) is -0.454. The van der Waals surface area contributed by atoms with Crippen molar-refractivity contribution in [3.8, 4) is 11.1 Å². The molecule has 6 nitrogen and oxygen atoms in total. The van der Waals surface area contributed by atoms with E-state index >= 15 is 0 Å². The molecule has 3 rings (SSSR count). The normalized spacial score (nSPS) is 10.6. The van der Waals surface area contributed by atoms with Gasteiger partial charge in [0.1, 0.15) is 12.0 Å². The van der Waals surface area contributed by atoms with E-state index in [9.17, 15) is 4.79 Å². The highest BCUT2D eigenvalue weighted by atomic mass is 16.4. The molecular formula is C14H11N3O3. The molecule has 1 N–H and O–H groups in total. The number of rotatable bonds is 4. The maximum absolute atomic E-state index is 10.8. The van der Waals surface area contributed by atoms with Crippen molar-refractivity contribution in [2.24, 2.45) is 0 Å². The van der Waals surface area contributed by atoms with E-state index in [1.54, 1.807) is 23.3 Å². The monoisotopic (exact) mass is 269 g/mol. The van der Waals surface area contributed by atoms with E-state index in [1.807, 2.05) is 18.3 Å². The van der Waals surface area contributed by atoms with Gasteiger partial charge in [-0.05, 0) is 23.8 Å². The van der Waals surface area contributed by atoms with Gasteiger partial charge in [-0.1, -0.05) is 0 Å². The number of carboxylic acid groups (broad SMARTS) is 1.